The van der Waals surface area contributed by atoms with Crippen LogP contribution in [0, 0.1) is 11.3 Å². The Morgan fingerprint density at radius 1 is 1.26 bits per heavy atom. The Morgan fingerprint density at radius 2 is 2.00 bits per heavy atom. The molecule has 5 nitrogen and oxygen atoms in total. The largest absolute Gasteiger partial charge is 0.463 e. The van der Waals surface area contributed by atoms with E-state index in [-0.39, 0.29) is 11.9 Å². The predicted molar refractivity (Wildman–Crippen MR) is 84.9 cm³/mol. The lowest BCUT2D eigenvalue weighted by Crippen LogP contribution is -3.11. The van der Waals surface area contributed by atoms with Crippen LogP contribution in [0.5, 0.6) is 0 Å². The molecule has 5 heteroatoms. The lowest BCUT2D eigenvalue weighted by atomic mass is 10.1. The van der Waals surface area contributed by atoms with E-state index in [9.17, 15) is 4.79 Å². The average Bonchev–Trinajstić information content (AvgIpc) is 3.29. The van der Waals surface area contributed by atoms with E-state index in [1.165, 1.54) is 17.7 Å². The monoisotopic (exact) mass is 310 g/mol. The highest BCUT2D eigenvalue weighted by Gasteiger charge is 2.29. The molecule has 1 aromatic carbocycles. The van der Waals surface area contributed by atoms with Crippen molar-refractivity contribution in [3.8, 4) is 6.07 Å². The summed E-state index contributed by atoms with van der Waals surface area (Å²) in [6.07, 6.45) is 4.12. The maximum absolute atomic E-state index is 12.3. The molecule has 1 saturated heterocycles. The first kappa shape index (κ1) is 15.3. The summed E-state index contributed by atoms with van der Waals surface area (Å²) in [7, 11) is 0. The van der Waals surface area contributed by atoms with Crippen LogP contribution in [0.25, 0.3) is 0 Å². The van der Waals surface area contributed by atoms with E-state index in [0.717, 1.165) is 18.8 Å². The van der Waals surface area contributed by atoms with Crippen molar-refractivity contribution >= 4 is 5.91 Å². The number of furan rings is 1. The van der Waals surface area contributed by atoms with Crippen molar-refractivity contribution in [2.75, 3.05) is 19.6 Å². The van der Waals surface area contributed by atoms with E-state index in [4.69, 9.17) is 9.68 Å². The molecule has 1 aromatic heterocycles. The molecule has 2 heterocycles. The number of nitriles is 1. The van der Waals surface area contributed by atoms with Gasteiger partial charge in [-0.15, -0.1) is 0 Å². The molecule has 118 valence electrons. The van der Waals surface area contributed by atoms with Gasteiger partial charge in [0.25, 0.3) is 5.91 Å². The molecule has 2 aromatic rings. The number of hydrogen-bond acceptors (Lipinski definition) is 3. The normalized spacial score (nSPS) is 16.0. The zero-order valence-corrected chi connectivity index (χ0v) is 12.9. The minimum atomic E-state index is -0.121. The van der Waals surface area contributed by atoms with E-state index in [1.807, 2.05) is 12.1 Å². The predicted octanol–water partition coefficient (Wildman–Crippen LogP) is 1.30. The molecule has 1 aliphatic rings. The quantitative estimate of drug-likeness (QED) is 0.874. The van der Waals surface area contributed by atoms with Crippen molar-refractivity contribution in [3.63, 3.8) is 0 Å². The molecule has 1 amide bonds. The topological polar surface area (TPSA) is 70.5 Å². The zero-order valence-electron chi connectivity index (χ0n) is 12.9. The maximum Gasteiger partial charge on any atom is 0.251 e. The highest BCUT2D eigenvalue weighted by molar-refractivity contribution is 5.94. The van der Waals surface area contributed by atoms with E-state index >= 15 is 0 Å². The number of nitrogens with one attached hydrogen (secondary N) is 2. The number of benzene rings is 1. The molecule has 0 saturated carbocycles. The van der Waals surface area contributed by atoms with Gasteiger partial charge in [0.2, 0.25) is 0 Å². The maximum atomic E-state index is 12.3. The number of carbonyl (C=O) groups excluding carboxylic acids is 1. The van der Waals surface area contributed by atoms with Gasteiger partial charge in [-0.25, -0.2) is 0 Å². The van der Waals surface area contributed by atoms with Gasteiger partial charge in [-0.2, -0.15) is 5.26 Å². The van der Waals surface area contributed by atoms with Crippen molar-refractivity contribution in [1.29, 1.82) is 5.26 Å². The van der Waals surface area contributed by atoms with Crippen LogP contribution in [-0.2, 0) is 0 Å². The van der Waals surface area contributed by atoms with Crippen molar-refractivity contribution in [3.05, 3.63) is 59.5 Å². The molecular formula is C18H20N3O2+. The van der Waals surface area contributed by atoms with Crippen LogP contribution in [0.15, 0.2) is 47.1 Å². The number of nitrogens with zero attached hydrogens (tertiary/aromatic N) is 1. The van der Waals surface area contributed by atoms with Gasteiger partial charge in [0.15, 0.2) is 11.8 Å². The third kappa shape index (κ3) is 3.61. The Kier molecular flexibility index (Phi) is 4.74. The number of hydrogen-bond donors (Lipinski definition) is 2. The van der Waals surface area contributed by atoms with Gasteiger partial charge < -0.3 is 14.6 Å². The highest BCUT2D eigenvalue weighted by Crippen LogP contribution is 2.12. The number of amides is 1. The minimum absolute atomic E-state index is 0.121. The highest BCUT2D eigenvalue weighted by atomic mass is 16.3. The Bertz CT molecular complexity index is 680. The Morgan fingerprint density at radius 3 is 2.61 bits per heavy atom. The van der Waals surface area contributed by atoms with Crippen molar-refractivity contribution in [2.45, 2.75) is 18.9 Å². The molecular weight excluding hydrogens is 290 g/mol. The summed E-state index contributed by atoms with van der Waals surface area (Å²) < 4.78 is 5.57. The first-order valence-corrected chi connectivity index (χ1v) is 7.94. The van der Waals surface area contributed by atoms with Crippen LogP contribution in [0.3, 0.4) is 0 Å². The first-order valence-electron chi connectivity index (χ1n) is 7.94. The van der Waals surface area contributed by atoms with Crippen molar-refractivity contribution in [1.82, 2.24) is 5.32 Å². The SMILES string of the molecule is N#Cc1ccc(C(=O)NC[C@H](c2ccco2)[NH+]2CCCC2)cc1. The minimum Gasteiger partial charge on any atom is -0.463 e. The molecule has 1 atom stereocenters. The molecule has 0 radical (unpaired) electrons. The lowest BCUT2D eigenvalue weighted by Gasteiger charge is -2.23. The first-order chi connectivity index (χ1) is 11.3. The summed E-state index contributed by atoms with van der Waals surface area (Å²) in [5.74, 6) is 0.798. The molecule has 0 aliphatic carbocycles. The van der Waals surface area contributed by atoms with E-state index in [1.54, 1.807) is 30.5 Å². The van der Waals surface area contributed by atoms with Crippen LogP contribution in [-0.4, -0.2) is 25.5 Å². The summed E-state index contributed by atoms with van der Waals surface area (Å²) in [6, 6.07) is 12.7. The third-order valence-electron chi connectivity index (χ3n) is 4.37. The fourth-order valence-electron chi connectivity index (χ4n) is 3.11. The standard InChI is InChI=1S/C18H19N3O2/c19-12-14-5-7-15(8-6-14)18(22)20-13-16(17-4-3-11-23-17)21-9-1-2-10-21/h3-8,11,16H,1-2,9-10,13H2,(H,20,22)/p+1/t16-/m1/s1. The van der Waals surface area contributed by atoms with E-state index in [2.05, 4.69) is 11.4 Å². The van der Waals surface area contributed by atoms with Gasteiger partial charge in [-0.3, -0.25) is 4.79 Å². The van der Waals surface area contributed by atoms with Gasteiger partial charge in [-0.05, 0) is 36.4 Å². The van der Waals surface area contributed by atoms with Gasteiger partial charge in [0.1, 0.15) is 0 Å². The van der Waals surface area contributed by atoms with Crippen LogP contribution in [0.1, 0.15) is 40.6 Å². The van der Waals surface area contributed by atoms with E-state index < -0.39 is 0 Å². The zero-order chi connectivity index (χ0) is 16.1. The molecule has 3 rings (SSSR count). The molecule has 23 heavy (non-hydrogen) atoms. The molecule has 0 spiro atoms. The number of likely N-dealkylation sites (tertiary alicyclic amines) is 1. The van der Waals surface area contributed by atoms with E-state index in [0.29, 0.717) is 17.7 Å². The Balaban J connectivity index is 1.66. The number of rotatable bonds is 5. The molecule has 0 bridgehead atoms. The molecule has 2 N–H and O–H groups in total. The summed E-state index contributed by atoms with van der Waals surface area (Å²) in [6.45, 7) is 2.76. The van der Waals surface area contributed by atoms with Crippen LogP contribution in [0.4, 0.5) is 0 Å². The fraction of sp³-hybridized carbons (Fsp3) is 0.333. The van der Waals surface area contributed by atoms with Crippen LogP contribution < -0.4 is 10.2 Å². The van der Waals surface area contributed by atoms with Gasteiger partial charge >= 0.3 is 0 Å². The Labute approximate surface area is 135 Å². The second-order valence-corrected chi connectivity index (χ2v) is 5.83. The average molecular weight is 310 g/mol. The summed E-state index contributed by atoms with van der Waals surface area (Å²) in [4.78, 5) is 13.8. The van der Waals surface area contributed by atoms with Crippen LogP contribution in [0.2, 0.25) is 0 Å². The number of quaternary nitrogens is 1. The Hall–Kier alpha value is -2.58. The fourth-order valence-corrected chi connectivity index (χ4v) is 3.11. The lowest BCUT2D eigenvalue weighted by molar-refractivity contribution is -0.919. The number of carbonyl (C=O) groups is 1. The smallest absolute Gasteiger partial charge is 0.251 e. The van der Waals surface area contributed by atoms with Crippen molar-refractivity contribution in [2.24, 2.45) is 0 Å². The summed E-state index contributed by atoms with van der Waals surface area (Å²) in [5.41, 5.74) is 1.12. The van der Waals surface area contributed by atoms with Crippen LogP contribution >= 0.6 is 0 Å². The second kappa shape index (κ2) is 7.12. The van der Waals surface area contributed by atoms with Crippen molar-refractivity contribution < 1.29 is 14.1 Å². The second-order valence-electron chi connectivity index (χ2n) is 5.83. The van der Waals surface area contributed by atoms with Gasteiger partial charge in [0, 0.05) is 18.4 Å². The molecule has 1 fully saturated rings. The van der Waals surface area contributed by atoms with Gasteiger partial charge in [-0.1, -0.05) is 0 Å². The molecule has 1 aliphatic heterocycles. The summed E-state index contributed by atoms with van der Waals surface area (Å²) >= 11 is 0. The molecule has 0 unspecified atom stereocenters. The third-order valence-corrected chi connectivity index (χ3v) is 4.37. The van der Waals surface area contributed by atoms with Gasteiger partial charge in [0.05, 0.1) is 37.5 Å². The summed E-state index contributed by atoms with van der Waals surface area (Å²) in [5, 5.41) is 11.8.